The van der Waals surface area contributed by atoms with E-state index < -0.39 is 5.60 Å². The molecule has 0 bridgehead atoms. The summed E-state index contributed by atoms with van der Waals surface area (Å²) < 4.78 is 0. The first-order valence-electron chi connectivity index (χ1n) is 7.33. The molecule has 0 aromatic carbocycles. The number of hydrogen-bond acceptors (Lipinski definition) is 1. The van der Waals surface area contributed by atoms with Gasteiger partial charge in [-0.2, -0.15) is 0 Å². The predicted molar refractivity (Wildman–Crippen MR) is 84.0 cm³/mol. The summed E-state index contributed by atoms with van der Waals surface area (Å²) in [7, 11) is 0. The molecule has 0 amide bonds. The SMILES string of the molecule is CC(C)(C)C1=CC(C(C)(C)C)C(O)(C(C)(C)C)C=C1. The van der Waals surface area contributed by atoms with Crippen LogP contribution in [0.1, 0.15) is 62.3 Å². The zero-order chi connectivity index (χ0) is 15.3. The van der Waals surface area contributed by atoms with Crippen LogP contribution >= 0.6 is 0 Å². The fourth-order valence-corrected chi connectivity index (χ4v) is 2.81. The Balaban J connectivity index is 3.36. The number of rotatable bonds is 0. The minimum Gasteiger partial charge on any atom is -0.385 e. The van der Waals surface area contributed by atoms with Crippen molar-refractivity contribution >= 4 is 0 Å². The Morgan fingerprint density at radius 1 is 0.947 bits per heavy atom. The first-order valence-corrected chi connectivity index (χ1v) is 7.33. The van der Waals surface area contributed by atoms with Crippen LogP contribution in [0.3, 0.4) is 0 Å². The maximum absolute atomic E-state index is 11.3. The van der Waals surface area contributed by atoms with Gasteiger partial charge in [-0.3, -0.25) is 0 Å². The van der Waals surface area contributed by atoms with E-state index >= 15 is 0 Å². The van der Waals surface area contributed by atoms with E-state index in [2.05, 4.69) is 74.5 Å². The van der Waals surface area contributed by atoms with E-state index in [4.69, 9.17) is 0 Å². The summed E-state index contributed by atoms with van der Waals surface area (Å²) in [6.45, 7) is 19.7. The highest BCUT2D eigenvalue weighted by Crippen LogP contribution is 2.50. The van der Waals surface area contributed by atoms with E-state index in [0.29, 0.717) is 0 Å². The lowest BCUT2D eigenvalue weighted by atomic mass is 9.58. The van der Waals surface area contributed by atoms with Crippen LogP contribution in [0, 0.1) is 22.2 Å². The third-order valence-corrected chi connectivity index (χ3v) is 4.34. The molecule has 1 nitrogen and oxygen atoms in total. The quantitative estimate of drug-likeness (QED) is 0.655. The van der Waals surface area contributed by atoms with Gasteiger partial charge in [-0.1, -0.05) is 80.5 Å². The molecule has 0 radical (unpaired) electrons. The Morgan fingerprint density at radius 2 is 1.42 bits per heavy atom. The maximum atomic E-state index is 11.3. The smallest absolute Gasteiger partial charge is 0.0946 e. The zero-order valence-electron chi connectivity index (χ0n) is 14.3. The molecule has 0 heterocycles. The van der Waals surface area contributed by atoms with E-state index in [1.165, 1.54) is 5.57 Å². The van der Waals surface area contributed by atoms with Crippen molar-refractivity contribution in [2.45, 2.75) is 67.9 Å². The number of allylic oxidation sites excluding steroid dienone is 2. The molecule has 2 unspecified atom stereocenters. The van der Waals surface area contributed by atoms with Crippen LogP contribution in [0.4, 0.5) is 0 Å². The van der Waals surface area contributed by atoms with Crippen molar-refractivity contribution in [3.8, 4) is 0 Å². The van der Waals surface area contributed by atoms with Crippen LogP contribution in [0.15, 0.2) is 23.8 Å². The lowest BCUT2D eigenvalue weighted by molar-refractivity contribution is -0.0809. The summed E-state index contributed by atoms with van der Waals surface area (Å²) in [5.41, 5.74) is 0.505. The van der Waals surface area contributed by atoms with Gasteiger partial charge in [-0.15, -0.1) is 0 Å². The summed E-state index contributed by atoms with van der Waals surface area (Å²) in [5, 5.41) is 11.3. The molecule has 0 saturated carbocycles. The fourth-order valence-electron chi connectivity index (χ4n) is 2.81. The standard InChI is InChI=1S/C18H32O/c1-15(2,3)13-10-11-18(19,17(7,8)9)14(12-13)16(4,5)6/h10-12,14,19H,1-9H3. The fraction of sp³-hybridized carbons (Fsp3) is 0.778. The summed E-state index contributed by atoms with van der Waals surface area (Å²) in [6.07, 6.45) is 6.45. The number of aliphatic hydroxyl groups is 1. The van der Waals surface area contributed by atoms with Crippen molar-refractivity contribution in [1.29, 1.82) is 0 Å². The summed E-state index contributed by atoms with van der Waals surface area (Å²) in [6, 6.07) is 0. The summed E-state index contributed by atoms with van der Waals surface area (Å²) in [5.74, 6) is 0.124. The molecule has 1 aliphatic rings. The highest BCUT2D eigenvalue weighted by Gasteiger charge is 2.49. The van der Waals surface area contributed by atoms with Gasteiger partial charge in [-0.25, -0.2) is 0 Å². The molecular formula is C18H32O. The summed E-state index contributed by atoms with van der Waals surface area (Å²) >= 11 is 0. The van der Waals surface area contributed by atoms with Crippen LogP contribution in [0.2, 0.25) is 0 Å². The van der Waals surface area contributed by atoms with Crippen LogP contribution in [0.5, 0.6) is 0 Å². The Morgan fingerprint density at radius 3 is 1.74 bits per heavy atom. The van der Waals surface area contributed by atoms with Gasteiger partial charge in [-0.05, 0) is 21.8 Å². The minimum atomic E-state index is -0.792. The topological polar surface area (TPSA) is 20.2 Å². The second-order valence-electron chi connectivity index (χ2n) is 9.12. The second kappa shape index (κ2) is 4.48. The highest BCUT2D eigenvalue weighted by atomic mass is 16.3. The molecule has 1 rings (SSSR count). The van der Waals surface area contributed by atoms with Crippen molar-refractivity contribution in [1.82, 2.24) is 0 Å². The molecular weight excluding hydrogens is 232 g/mol. The first kappa shape index (κ1) is 16.5. The van der Waals surface area contributed by atoms with Gasteiger partial charge in [0, 0.05) is 5.92 Å². The molecule has 0 saturated heterocycles. The molecule has 0 aromatic rings. The molecule has 1 N–H and O–H groups in total. The molecule has 2 atom stereocenters. The Hall–Kier alpha value is -0.560. The van der Waals surface area contributed by atoms with Crippen molar-refractivity contribution in [3.05, 3.63) is 23.8 Å². The first-order chi connectivity index (χ1) is 8.19. The van der Waals surface area contributed by atoms with Crippen LogP contribution < -0.4 is 0 Å². The van der Waals surface area contributed by atoms with Gasteiger partial charge in [0.05, 0.1) is 5.60 Å². The minimum absolute atomic E-state index is 0.0310. The lowest BCUT2D eigenvalue weighted by Crippen LogP contribution is -2.52. The molecule has 19 heavy (non-hydrogen) atoms. The highest BCUT2D eigenvalue weighted by molar-refractivity contribution is 5.36. The Bertz CT molecular complexity index is 393. The van der Waals surface area contributed by atoms with Gasteiger partial charge in [0.25, 0.3) is 0 Å². The predicted octanol–water partition coefficient (Wildman–Crippen LogP) is 4.97. The normalized spacial score (nSPS) is 29.4. The van der Waals surface area contributed by atoms with E-state index in [1.54, 1.807) is 0 Å². The maximum Gasteiger partial charge on any atom is 0.0946 e. The molecule has 110 valence electrons. The van der Waals surface area contributed by atoms with Crippen molar-refractivity contribution in [2.75, 3.05) is 0 Å². The molecule has 0 aromatic heterocycles. The molecule has 1 aliphatic carbocycles. The van der Waals surface area contributed by atoms with Gasteiger partial charge < -0.3 is 5.11 Å². The average Bonchev–Trinajstić information content (AvgIpc) is 2.12. The van der Waals surface area contributed by atoms with Crippen LogP contribution in [0.25, 0.3) is 0 Å². The lowest BCUT2D eigenvalue weighted by Gasteiger charge is -2.50. The molecule has 1 heteroatoms. The van der Waals surface area contributed by atoms with Gasteiger partial charge >= 0.3 is 0 Å². The van der Waals surface area contributed by atoms with Crippen molar-refractivity contribution in [3.63, 3.8) is 0 Å². The largest absolute Gasteiger partial charge is 0.385 e. The van der Waals surface area contributed by atoms with Gasteiger partial charge in [0.2, 0.25) is 0 Å². The van der Waals surface area contributed by atoms with Crippen molar-refractivity contribution in [2.24, 2.45) is 22.2 Å². The Kier molecular flexibility index (Phi) is 3.89. The van der Waals surface area contributed by atoms with Gasteiger partial charge in [0.15, 0.2) is 0 Å². The van der Waals surface area contributed by atoms with Gasteiger partial charge in [0.1, 0.15) is 0 Å². The molecule has 0 spiro atoms. The number of hydrogen-bond donors (Lipinski definition) is 1. The molecule has 0 fully saturated rings. The second-order valence-corrected chi connectivity index (χ2v) is 9.12. The van der Waals surface area contributed by atoms with E-state index in [9.17, 15) is 5.11 Å². The van der Waals surface area contributed by atoms with Crippen LogP contribution in [-0.4, -0.2) is 10.7 Å². The van der Waals surface area contributed by atoms with E-state index in [-0.39, 0.29) is 22.2 Å². The van der Waals surface area contributed by atoms with Crippen molar-refractivity contribution < 1.29 is 5.11 Å². The Labute approximate surface area is 119 Å². The monoisotopic (exact) mass is 264 g/mol. The third-order valence-electron chi connectivity index (χ3n) is 4.34. The molecule has 0 aliphatic heterocycles. The summed E-state index contributed by atoms with van der Waals surface area (Å²) in [4.78, 5) is 0. The van der Waals surface area contributed by atoms with Crippen LogP contribution in [-0.2, 0) is 0 Å². The van der Waals surface area contributed by atoms with E-state index in [1.807, 2.05) is 6.08 Å². The zero-order valence-corrected chi connectivity index (χ0v) is 14.3. The average molecular weight is 264 g/mol. The van der Waals surface area contributed by atoms with E-state index in [0.717, 1.165) is 0 Å². The third kappa shape index (κ3) is 3.13.